The predicted molar refractivity (Wildman–Crippen MR) is 99.4 cm³/mol. The predicted octanol–water partition coefficient (Wildman–Crippen LogP) is 4.10. The number of aryl methyl sites for hydroxylation is 1. The largest absolute Gasteiger partial charge is 0.391 e. The number of H-pyrrole nitrogens is 1. The molecule has 0 aliphatic rings. The van der Waals surface area contributed by atoms with Gasteiger partial charge in [-0.05, 0) is 43.7 Å². The topological polar surface area (TPSA) is 78.0 Å². The second kappa shape index (κ2) is 7.98. The third-order valence-electron chi connectivity index (χ3n) is 4.23. The fourth-order valence-corrected chi connectivity index (χ4v) is 3.74. The normalized spacial score (nSPS) is 12.2. The van der Waals surface area contributed by atoms with Crippen molar-refractivity contribution in [2.75, 3.05) is 0 Å². The lowest BCUT2D eigenvalue weighted by atomic mass is 10.1. The molecule has 0 saturated carbocycles. The molecule has 8 heteroatoms. The first-order chi connectivity index (χ1) is 12.9. The molecule has 27 heavy (non-hydrogen) atoms. The number of nitrogens with one attached hydrogen (secondary N) is 2. The Hall–Kier alpha value is -2.58. The Balaban J connectivity index is 1.77. The third kappa shape index (κ3) is 4.06. The quantitative estimate of drug-likeness (QED) is 0.592. The average Bonchev–Trinajstić information content (AvgIpc) is 3.28. The monoisotopic (exact) mass is 391 g/mol. The Labute approximate surface area is 159 Å². The van der Waals surface area contributed by atoms with E-state index in [2.05, 4.69) is 15.3 Å². The molecule has 0 bridgehead atoms. The van der Waals surface area contributed by atoms with Crippen molar-refractivity contribution < 1.29 is 18.7 Å². The van der Waals surface area contributed by atoms with Crippen molar-refractivity contribution in [1.82, 2.24) is 15.3 Å². The number of amides is 1. The van der Waals surface area contributed by atoms with Crippen molar-refractivity contribution in [2.24, 2.45) is 0 Å². The summed E-state index contributed by atoms with van der Waals surface area (Å²) in [5, 5.41) is 13.0. The molecular formula is C19H19F2N3O2S. The summed E-state index contributed by atoms with van der Waals surface area (Å²) >= 11 is 1.37. The molecule has 5 nitrogen and oxygen atoms in total. The molecule has 1 aromatic carbocycles. The number of aliphatic hydroxyl groups is 1. The Kier molecular flexibility index (Phi) is 5.67. The van der Waals surface area contributed by atoms with Gasteiger partial charge in [0.15, 0.2) is 11.6 Å². The van der Waals surface area contributed by atoms with Gasteiger partial charge in [0.2, 0.25) is 0 Å². The zero-order valence-electron chi connectivity index (χ0n) is 14.8. The van der Waals surface area contributed by atoms with Gasteiger partial charge in [-0.15, -0.1) is 11.3 Å². The molecule has 2 aromatic heterocycles. The number of halogens is 2. The second-order valence-electron chi connectivity index (χ2n) is 6.07. The molecule has 0 saturated heterocycles. The smallest absolute Gasteiger partial charge is 0.268 e. The maximum absolute atomic E-state index is 13.4. The van der Waals surface area contributed by atoms with E-state index >= 15 is 0 Å². The molecule has 142 valence electrons. The lowest BCUT2D eigenvalue weighted by Gasteiger charge is -2.13. The maximum Gasteiger partial charge on any atom is 0.268 e. The molecule has 3 rings (SSSR count). The molecule has 3 aromatic rings. The summed E-state index contributed by atoms with van der Waals surface area (Å²) in [6, 6.07) is 6.51. The Morgan fingerprint density at radius 3 is 2.70 bits per heavy atom. The van der Waals surface area contributed by atoms with Crippen LogP contribution in [-0.4, -0.2) is 21.0 Å². The average molecular weight is 391 g/mol. The minimum Gasteiger partial charge on any atom is -0.391 e. The van der Waals surface area contributed by atoms with Gasteiger partial charge in [0, 0.05) is 11.3 Å². The van der Waals surface area contributed by atoms with Gasteiger partial charge in [0.25, 0.3) is 5.91 Å². The first kappa shape index (κ1) is 19.2. The van der Waals surface area contributed by atoms with Crippen LogP contribution < -0.4 is 5.32 Å². The molecule has 0 radical (unpaired) electrons. The lowest BCUT2D eigenvalue weighted by molar-refractivity contribution is 0.0931. The standard InChI is InChI=1S/C19H19F2N3O2S/c1-3-14(19-22-10(2)17(9-25)27-19)24-18(26)16-7-6-15(23-16)11-4-5-12(20)13(21)8-11/h4-8,14,23,25H,3,9H2,1-2H3,(H,24,26). The van der Waals surface area contributed by atoms with Gasteiger partial charge in [-0.25, -0.2) is 13.8 Å². The Morgan fingerprint density at radius 1 is 1.30 bits per heavy atom. The molecule has 0 fully saturated rings. The van der Waals surface area contributed by atoms with Crippen molar-refractivity contribution in [3.8, 4) is 11.3 Å². The van der Waals surface area contributed by atoms with Crippen LogP contribution in [-0.2, 0) is 6.61 Å². The van der Waals surface area contributed by atoms with Gasteiger partial charge in [0.1, 0.15) is 10.7 Å². The highest BCUT2D eigenvalue weighted by molar-refractivity contribution is 7.11. The van der Waals surface area contributed by atoms with Crippen molar-refractivity contribution >= 4 is 17.2 Å². The van der Waals surface area contributed by atoms with Crippen LogP contribution in [0.5, 0.6) is 0 Å². The summed E-state index contributed by atoms with van der Waals surface area (Å²) in [7, 11) is 0. The number of hydrogen-bond donors (Lipinski definition) is 3. The van der Waals surface area contributed by atoms with Gasteiger partial charge >= 0.3 is 0 Å². The molecule has 0 spiro atoms. The number of nitrogens with zero attached hydrogens (tertiary/aromatic N) is 1. The second-order valence-corrected chi connectivity index (χ2v) is 7.18. The van der Waals surface area contributed by atoms with Crippen molar-refractivity contribution in [3.05, 3.63) is 63.2 Å². The zero-order valence-corrected chi connectivity index (χ0v) is 15.7. The zero-order chi connectivity index (χ0) is 19.6. The number of carbonyl (C=O) groups excluding carboxylic acids is 1. The summed E-state index contributed by atoms with van der Waals surface area (Å²) in [4.78, 5) is 20.7. The first-order valence-corrected chi connectivity index (χ1v) is 9.27. The molecule has 1 unspecified atom stereocenters. The number of rotatable bonds is 6. The van der Waals surface area contributed by atoms with Crippen molar-refractivity contribution in [3.63, 3.8) is 0 Å². The van der Waals surface area contributed by atoms with E-state index in [1.807, 2.05) is 13.8 Å². The minimum atomic E-state index is -0.946. The highest BCUT2D eigenvalue weighted by atomic mass is 32.1. The summed E-state index contributed by atoms with van der Waals surface area (Å²) in [5.74, 6) is -2.19. The van der Waals surface area contributed by atoms with Gasteiger partial charge in [-0.1, -0.05) is 6.92 Å². The van der Waals surface area contributed by atoms with Gasteiger partial charge in [-0.2, -0.15) is 0 Å². The molecule has 2 heterocycles. The molecule has 0 aliphatic heterocycles. The minimum absolute atomic E-state index is 0.0813. The molecular weight excluding hydrogens is 372 g/mol. The van der Waals surface area contributed by atoms with Gasteiger partial charge in [0.05, 0.1) is 23.2 Å². The van der Waals surface area contributed by atoms with Crippen molar-refractivity contribution in [2.45, 2.75) is 32.9 Å². The lowest BCUT2D eigenvalue weighted by Crippen LogP contribution is -2.28. The van der Waals surface area contributed by atoms with E-state index in [1.165, 1.54) is 17.4 Å². The number of aromatic nitrogens is 2. The Morgan fingerprint density at radius 2 is 2.07 bits per heavy atom. The number of benzene rings is 1. The SMILES string of the molecule is CCC(NC(=O)c1ccc(-c2ccc(F)c(F)c2)[nH]1)c1nc(C)c(CO)s1. The van der Waals surface area contributed by atoms with Crippen LogP contribution in [0.1, 0.15) is 45.5 Å². The molecule has 1 atom stereocenters. The highest BCUT2D eigenvalue weighted by Crippen LogP contribution is 2.26. The first-order valence-electron chi connectivity index (χ1n) is 8.45. The van der Waals surface area contributed by atoms with Crippen LogP contribution >= 0.6 is 11.3 Å². The maximum atomic E-state index is 13.4. The van der Waals surface area contributed by atoms with Crippen molar-refractivity contribution in [1.29, 1.82) is 0 Å². The van der Waals surface area contributed by atoms with E-state index < -0.39 is 11.6 Å². The summed E-state index contributed by atoms with van der Waals surface area (Å²) in [6.45, 7) is 3.67. The number of aliphatic hydroxyl groups excluding tert-OH is 1. The summed E-state index contributed by atoms with van der Waals surface area (Å²) in [6.07, 6.45) is 0.639. The van der Waals surface area contributed by atoms with E-state index in [9.17, 15) is 18.7 Å². The van der Waals surface area contributed by atoms with Crippen LogP contribution in [0, 0.1) is 18.6 Å². The number of hydrogen-bond acceptors (Lipinski definition) is 4. The number of aromatic amines is 1. The highest BCUT2D eigenvalue weighted by Gasteiger charge is 2.20. The summed E-state index contributed by atoms with van der Waals surface area (Å²) in [5.41, 5.74) is 2.03. The van der Waals surface area contributed by atoms with E-state index in [-0.39, 0.29) is 18.6 Å². The molecule has 3 N–H and O–H groups in total. The fraction of sp³-hybridized carbons (Fsp3) is 0.263. The van der Waals surface area contributed by atoms with Crippen LogP contribution in [0.3, 0.4) is 0 Å². The molecule has 1 amide bonds. The number of thiazole rings is 1. The van der Waals surface area contributed by atoms with Crippen LogP contribution in [0.15, 0.2) is 30.3 Å². The third-order valence-corrected chi connectivity index (χ3v) is 5.48. The van der Waals surface area contributed by atoms with E-state index in [1.54, 1.807) is 12.1 Å². The number of carbonyl (C=O) groups is 1. The Bertz CT molecular complexity index is 968. The van der Waals surface area contributed by atoms with Crippen LogP contribution in [0.2, 0.25) is 0 Å². The van der Waals surface area contributed by atoms with Gasteiger partial charge < -0.3 is 15.4 Å². The van der Waals surface area contributed by atoms with Crippen LogP contribution in [0.4, 0.5) is 8.78 Å². The van der Waals surface area contributed by atoms with Gasteiger partial charge in [-0.3, -0.25) is 4.79 Å². The fourth-order valence-electron chi connectivity index (χ4n) is 2.68. The van der Waals surface area contributed by atoms with Crippen LogP contribution in [0.25, 0.3) is 11.3 Å². The van der Waals surface area contributed by atoms with E-state index in [0.717, 1.165) is 27.7 Å². The summed E-state index contributed by atoms with van der Waals surface area (Å²) < 4.78 is 26.5. The van der Waals surface area contributed by atoms with E-state index in [0.29, 0.717) is 23.4 Å². The van der Waals surface area contributed by atoms with E-state index in [4.69, 9.17) is 0 Å². The molecule has 0 aliphatic carbocycles.